The number of hydrogen-bond donors (Lipinski definition) is 1. The van der Waals surface area contributed by atoms with E-state index in [-0.39, 0.29) is 12.4 Å². The first-order chi connectivity index (χ1) is 17.7. The van der Waals surface area contributed by atoms with E-state index < -0.39 is 5.69 Å². The average molecular weight is 497 g/mol. The van der Waals surface area contributed by atoms with Crippen LogP contribution in [0.4, 0.5) is 0 Å². The van der Waals surface area contributed by atoms with Gasteiger partial charge in [-0.1, -0.05) is 54.8 Å². The summed E-state index contributed by atoms with van der Waals surface area (Å²) in [5, 5.41) is 0.405. The van der Waals surface area contributed by atoms with E-state index >= 15 is 0 Å². The third-order valence-electron chi connectivity index (χ3n) is 6.13. The van der Waals surface area contributed by atoms with Gasteiger partial charge in [0.1, 0.15) is 18.2 Å². The van der Waals surface area contributed by atoms with Crippen LogP contribution in [0.1, 0.15) is 43.4 Å². The number of halogens is 1. The normalized spacial score (nSPS) is 13.6. The highest BCUT2D eigenvalue weighted by Gasteiger charge is 2.16. The molecule has 36 heavy (non-hydrogen) atoms. The van der Waals surface area contributed by atoms with Gasteiger partial charge in [-0.05, 0) is 61.4 Å². The number of H-pyrrole nitrogens is 1. The molecule has 0 atom stereocenters. The minimum Gasteiger partial charge on any atom is -0.486 e. The van der Waals surface area contributed by atoms with Crippen molar-refractivity contribution in [3.05, 3.63) is 93.6 Å². The maximum atomic E-state index is 12.5. The first kappa shape index (κ1) is 23.8. The summed E-state index contributed by atoms with van der Waals surface area (Å²) >= 11 is 6.52. The van der Waals surface area contributed by atoms with Crippen LogP contribution in [0, 0.1) is 17.8 Å². The number of aromatic amines is 1. The lowest BCUT2D eigenvalue weighted by Crippen LogP contribution is -2.15. The van der Waals surface area contributed by atoms with Crippen LogP contribution in [0.3, 0.4) is 0 Å². The summed E-state index contributed by atoms with van der Waals surface area (Å²) in [6, 6.07) is 18.5. The number of hydrogen-bond acceptors (Lipinski definition) is 5. The van der Waals surface area contributed by atoms with Crippen molar-refractivity contribution >= 4 is 11.6 Å². The molecule has 7 heteroatoms. The summed E-state index contributed by atoms with van der Waals surface area (Å²) in [5.41, 5.74) is 2.39. The van der Waals surface area contributed by atoms with Gasteiger partial charge in [0, 0.05) is 23.2 Å². The number of nitrogens with zero attached hydrogens (tertiary/aromatic N) is 3. The Bertz CT molecular complexity index is 1450. The van der Waals surface area contributed by atoms with Crippen LogP contribution in [0.5, 0.6) is 5.75 Å². The van der Waals surface area contributed by atoms with Crippen LogP contribution in [0.15, 0.2) is 71.7 Å². The van der Waals surface area contributed by atoms with Crippen molar-refractivity contribution in [3.8, 4) is 40.4 Å². The van der Waals surface area contributed by atoms with Crippen molar-refractivity contribution in [3.63, 3.8) is 0 Å². The molecule has 180 valence electrons. The fourth-order valence-electron chi connectivity index (χ4n) is 4.26. The lowest BCUT2D eigenvalue weighted by Gasteiger charge is -2.15. The minimum absolute atomic E-state index is 0.250. The van der Waals surface area contributed by atoms with Crippen LogP contribution in [-0.2, 0) is 6.61 Å². The smallest absolute Gasteiger partial charge is 0.348 e. The number of rotatable bonds is 5. The van der Waals surface area contributed by atoms with Gasteiger partial charge < -0.3 is 4.74 Å². The van der Waals surface area contributed by atoms with E-state index in [0.717, 1.165) is 11.3 Å². The van der Waals surface area contributed by atoms with Gasteiger partial charge in [-0.25, -0.2) is 9.78 Å². The highest BCUT2D eigenvalue weighted by atomic mass is 35.5. The second-order valence-corrected chi connectivity index (χ2v) is 9.14. The lowest BCUT2D eigenvalue weighted by molar-refractivity contribution is 0.302. The molecule has 1 fully saturated rings. The second kappa shape index (κ2) is 11.2. The van der Waals surface area contributed by atoms with E-state index in [1.54, 1.807) is 24.4 Å². The summed E-state index contributed by atoms with van der Waals surface area (Å²) in [6.45, 7) is 0.250. The van der Waals surface area contributed by atoms with Crippen molar-refractivity contribution in [2.24, 2.45) is 5.92 Å². The van der Waals surface area contributed by atoms with Gasteiger partial charge in [0.2, 0.25) is 0 Å². The number of pyridine rings is 1. The molecule has 0 unspecified atom stereocenters. The first-order valence-corrected chi connectivity index (χ1v) is 12.5. The molecule has 2 aromatic carbocycles. The summed E-state index contributed by atoms with van der Waals surface area (Å²) < 4.78 is 5.99. The van der Waals surface area contributed by atoms with E-state index in [1.165, 1.54) is 32.1 Å². The maximum absolute atomic E-state index is 12.5. The molecular weight excluding hydrogens is 472 g/mol. The molecule has 6 nitrogen and oxygen atoms in total. The van der Waals surface area contributed by atoms with E-state index in [2.05, 4.69) is 31.8 Å². The molecule has 0 spiro atoms. The van der Waals surface area contributed by atoms with Crippen LogP contribution in [0.2, 0.25) is 5.02 Å². The highest BCUT2D eigenvalue weighted by Crippen LogP contribution is 2.35. The molecular formula is C29H25ClN4O2. The SMILES string of the molecule is O=c1nc(-c2ccc(C#CC3CCCCC3)cc2)nc(-c2c(Cl)cccc2OCc2ccccn2)[nH]1. The molecule has 4 aromatic rings. The molecule has 1 aliphatic carbocycles. The van der Waals surface area contributed by atoms with Crippen LogP contribution < -0.4 is 10.4 Å². The van der Waals surface area contributed by atoms with Crippen molar-refractivity contribution in [2.75, 3.05) is 0 Å². The van der Waals surface area contributed by atoms with Gasteiger partial charge in [-0.15, -0.1) is 0 Å². The van der Waals surface area contributed by atoms with Crippen LogP contribution in [0.25, 0.3) is 22.8 Å². The van der Waals surface area contributed by atoms with Gasteiger partial charge in [0.05, 0.1) is 16.3 Å². The van der Waals surface area contributed by atoms with Crippen LogP contribution in [-0.4, -0.2) is 19.9 Å². The Morgan fingerprint density at radius 3 is 2.58 bits per heavy atom. The second-order valence-electron chi connectivity index (χ2n) is 8.73. The third-order valence-corrected chi connectivity index (χ3v) is 6.45. The van der Waals surface area contributed by atoms with Gasteiger partial charge in [-0.3, -0.25) is 9.97 Å². The Balaban J connectivity index is 1.41. The van der Waals surface area contributed by atoms with Gasteiger partial charge in [0.15, 0.2) is 5.82 Å². The molecule has 0 radical (unpaired) electrons. The Kier molecular flexibility index (Phi) is 7.39. The Labute approximate surface area is 214 Å². The Morgan fingerprint density at radius 1 is 0.972 bits per heavy atom. The summed E-state index contributed by atoms with van der Waals surface area (Å²) in [7, 11) is 0. The molecule has 1 N–H and O–H groups in total. The fraction of sp³-hybridized carbons (Fsp3) is 0.241. The van der Waals surface area contributed by atoms with E-state index in [9.17, 15) is 4.79 Å². The average Bonchev–Trinajstić information content (AvgIpc) is 2.92. The molecule has 0 saturated heterocycles. The molecule has 2 aromatic heterocycles. The summed E-state index contributed by atoms with van der Waals surface area (Å²) in [5.74, 6) is 8.25. The topological polar surface area (TPSA) is 80.8 Å². The van der Waals surface area contributed by atoms with E-state index in [1.807, 2.05) is 42.5 Å². The maximum Gasteiger partial charge on any atom is 0.348 e. The Morgan fingerprint density at radius 2 is 1.81 bits per heavy atom. The highest BCUT2D eigenvalue weighted by molar-refractivity contribution is 6.33. The molecule has 1 saturated carbocycles. The molecule has 5 rings (SSSR count). The number of ether oxygens (including phenoxy) is 1. The number of nitrogens with one attached hydrogen (secondary N) is 1. The Hall–Kier alpha value is -3.95. The van der Waals surface area contributed by atoms with E-state index in [0.29, 0.717) is 33.6 Å². The van der Waals surface area contributed by atoms with Crippen molar-refractivity contribution in [2.45, 2.75) is 38.7 Å². The van der Waals surface area contributed by atoms with E-state index in [4.69, 9.17) is 16.3 Å². The summed E-state index contributed by atoms with van der Waals surface area (Å²) in [4.78, 5) is 28.2. The van der Waals surface area contributed by atoms with Crippen molar-refractivity contribution in [1.29, 1.82) is 0 Å². The monoisotopic (exact) mass is 496 g/mol. The zero-order valence-corrected chi connectivity index (χ0v) is 20.5. The van der Waals surface area contributed by atoms with Gasteiger partial charge in [0.25, 0.3) is 0 Å². The molecule has 1 aliphatic rings. The third kappa shape index (κ3) is 5.81. The molecule has 0 aliphatic heterocycles. The lowest BCUT2D eigenvalue weighted by atomic mass is 9.89. The minimum atomic E-state index is -0.522. The predicted molar refractivity (Wildman–Crippen MR) is 141 cm³/mol. The summed E-state index contributed by atoms with van der Waals surface area (Å²) in [6.07, 6.45) is 7.92. The fourth-order valence-corrected chi connectivity index (χ4v) is 4.51. The van der Waals surface area contributed by atoms with Crippen LogP contribution >= 0.6 is 11.6 Å². The number of benzene rings is 2. The zero-order chi connectivity index (χ0) is 24.7. The molecule has 2 heterocycles. The first-order valence-electron chi connectivity index (χ1n) is 12.1. The standard InChI is InChI=1S/C29H25ClN4O2/c30-24-10-6-11-25(36-19-23-9-4-5-18-31-23)26(24)28-32-27(33-29(35)34-28)22-16-14-21(15-17-22)13-12-20-7-2-1-3-8-20/h4-6,9-11,14-18,20H,1-3,7-8,19H2,(H,32,33,34,35). The predicted octanol–water partition coefficient (Wildman–Crippen LogP) is 6.06. The molecule has 0 amide bonds. The number of aromatic nitrogens is 4. The van der Waals surface area contributed by atoms with Crippen molar-refractivity contribution in [1.82, 2.24) is 19.9 Å². The molecule has 0 bridgehead atoms. The van der Waals surface area contributed by atoms with Gasteiger partial charge >= 0.3 is 5.69 Å². The van der Waals surface area contributed by atoms with Gasteiger partial charge in [-0.2, -0.15) is 4.98 Å². The quantitative estimate of drug-likeness (QED) is 0.340. The zero-order valence-electron chi connectivity index (χ0n) is 19.7. The van der Waals surface area contributed by atoms with Crippen molar-refractivity contribution < 1.29 is 4.74 Å². The largest absolute Gasteiger partial charge is 0.486 e.